The maximum atomic E-state index is 11.3. The Morgan fingerprint density at radius 2 is 1.91 bits per heavy atom. The summed E-state index contributed by atoms with van der Waals surface area (Å²) in [6.45, 7) is 10.3. The number of piperidine rings is 1. The van der Waals surface area contributed by atoms with Gasteiger partial charge in [-0.1, -0.05) is 51.1 Å². The van der Waals surface area contributed by atoms with Crippen molar-refractivity contribution in [1.82, 2.24) is 9.80 Å². The Bertz CT molecular complexity index is 552. The zero-order valence-electron chi connectivity index (χ0n) is 14.4. The number of hydrogen-bond acceptors (Lipinski definition) is 2. The van der Waals surface area contributed by atoms with Crippen LogP contribution in [-0.4, -0.2) is 46.7 Å². The number of carboxylic acid groups (broad SMARTS) is 1. The first-order valence-corrected chi connectivity index (χ1v) is 8.62. The molecule has 2 aliphatic heterocycles. The van der Waals surface area contributed by atoms with E-state index < -0.39 is 6.09 Å². The molecule has 4 nitrogen and oxygen atoms in total. The van der Waals surface area contributed by atoms with E-state index in [2.05, 4.69) is 56.0 Å². The Hall–Kier alpha value is -1.55. The summed E-state index contributed by atoms with van der Waals surface area (Å²) in [4.78, 5) is 15.5. The molecule has 2 fully saturated rings. The van der Waals surface area contributed by atoms with Gasteiger partial charge in [0.15, 0.2) is 0 Å². The Morgan fingerprint density at radius 3 is 2.52 bits per heavy atom. The van der Waals surface area contributed by atoms with Crippen LogP contribution in [0, 0.1) is 17.3 Å². The second-order valence-corrected chi connectivity index (χ2v) is 8.17. The third-order valence-electron chi connectivity index (χ3n) is 5.45. The van der Waals surface area contributed by atoms with Crippen LogP contribution in [0.15, 0.2) is 30.3 Å². The number of amides is 1. The van der Waals surface area contributed by atoms with E-state index >= 15 is 0 Å². The fourth-order valence-corrected chi connectivity index (χ4v) is 4.69. The molecule has 4 heteroatoms. The molecule has 1 amide bonds. The highest BCUT2D eigenvalue weighted by molar-refractivity contribution is 5.65. The summed E-state index contributed by atoms with van der Waals surface area (Å²) in [5.74, 6) is 1.07. The lowest BCUT2D eigenvalue weighted by molar-refractivity contribution is 0.0740. The van der Waals surface area contributed by atoms with E-state index in [4.69, 9.17) is 0 Å². The predicted octanol–water partition coefficient (Wildman–Crippen LogP) is 3.53. The number of fused-ring (bicyclic) bond motifs is 1. The SMILES string of the molecule is CC(C)(C)C1C2CCN(C(=O)O)CC2CN1Cc1ccccc1. The van der Waals surface area contributed by atoms with Crippen LogP contribution in [0.2, 0.25) is 0 Å². The van der Waals surface area contributed by atoms with Crippen molar-refractivity contribution in [3.05, 3.63) is 35.9 Å². The summed E-state index contributed by atoms with van der Waals surface area (Å²) >= 11 is 0. The Morgan fingerprint density at radius 1 is 1.22 bits per heavy atom. The van der Waals surface area contributed by atoms with Gasteiger partial charge in [-0.05, 0) is 29.2 Å². The number of hydrogen-bond donors (Lipinski definition) is 1. The van der Waals surface area contributed by atoms with E-state index in [1.807, 2.05) is 0 Å². The molecule has 2 heterocycles. The standard InChI is InChI=1S/C19H28N2O2/c1-19(2,3)17-16-9-10-20(18(22)23)12-15(16)13-21(17)11-14-7-5-4-6-8-14/h4-8,15-17H,9-13H2,1-3H3,(H,22,23). The summed E-state index contributed by atoms with van der Waals surface area (Å²) in [5, 5.41) is 9.30. The molecule has 0 spiro atoms. The topological polar surface area (TPSA) is 43.8 Å². The lowest BCUT2D eigenvalue weighted by Gasteiger charge is -2.41. The van der Waals surface area contributed by atoms with E-state index in [-0.39, 0.29) is 5.41 Å². The molecule has 3 unspecified atom stereocenters. The molecular formula is C19H28N2O2. The smallest absolute Gasteiger partial charge is 0.407 e. The minimum absolute atomic E-state index is 0.208. The average Bonchev–Trinajstić information content (AvgIpc) is 2.84. The summed E-state index contributed by atoms with van der Waals surface area (Å²) in [6, 6.07) is 11.1. The van der Waals surface area contributed by atoms with Crippen molar-refractivity contribution in [2.45, 2.75) is 39.8 Å². The number of carbonyl (C=O) groups is 1. The highest BCUT2D eigenvalue weighted by Crippen LogP contribution is 2.44. The second kappa shape index (κ2) is 6.16. The van der Waals surface area contributed by atoms with Crippen LogP contribution in [0.3, 0.4) is 0 Å². The molecule has 0 aliphatic carbocycles. The monoisotopic (exact) mass is 316 g/mol. The van der Waals surface area contributed by atoms with Gasteiger partial charge in [0.25, 0.3) is 0 Å². The Kier molecular flexibility index (Phi) is 4.37. The predicted molar refractivity (Wildman–Crippen MR) is 91.3 cm³/mol. The van der Waals surface area contributed by atoms with Gasteiger partial charge in [-0.2, -0.15) is 0 Å². The van der Waals surface area contributed by atoms with Crippen LogP contribution in [0.5, 0.6) is 0 Å². The normalized spacial score (nSPS) is 28.7. The molecule has 0 aromatic heterocycles. The summed E-state index contributed by atoms with van der Waals surface area (Å²) in [7, 11) is 0. The highest BCUT2D eigenvalue weighted by Gasteiger charge is 2.49. The zero-order valence-corrected chi connectivity index (χ0v) is 14.4. The average molecular weight is 316 g/mol. The first-order chi connectivity index (χ1) is 10.9. The van der Waals surface area contributed by atoms with Gasteiger partial charge in [-0.15, -0.1) is 0 Å². The van der Waals surface area contributed by atoms with Gasteiger partial charge in [-0.25, -0.2) is 4.79 Å². The van der Waals surface area contributed by atoms with Gasteiger partial charge in [0.2, 0.25) is 0 Å². The fraction of sp³-hybridized carbons (Fsp3) is 0.632. The van der Waals surface area contributed by atoms with E-state index in [0.29, 0.717) is 31.0 Å². The largest absolute Gasteiger partial charge is 0.465 e. The maximum Gasteiger partial charge on any atom is 0.407 e. The van der Waals surface area contributed by atoms with Gasteiger partial charge < -0.3 is 10.0 Å². The van der Waals surface area contributed by atoms with Crippen molar-refractivity contribution in [2.75, 3.05) is 19.6 Å². The molecule has 3 atom stereocenters. The molecule has 0 radical (unpaired) electrons. The van der Waals surface area contributed by atoms with Crippen molar-refractivity contribution in [3.63, 3.8) is 0 Å². The molecule has 1 aromatic carbocycles. The first-order valence-electron chi connectivity index (χ1n) is 8.62. The van der Waals surface area contributed by atoms with Crippen molar-refractivity contribution >= 4 is 6.09 Å². The number of nitrogens with zero attached hydrogens (tertiary/aromatic N) is 2. The number of likely N-dealkylation sites (tertiary alicyclic amines) is 2. The van der Waals surface area contributed by atoms with E-state index in [1.54, 1.807) is 4.90 Å². The van der Waals surface area contributed by atoms with Crippen LogP contribution in [0.4, 0.5) is 4.79 Å². The quantitative estimate of drug-likeness (QED) is 0.907. The fourth-order valence-electron chi connectivity index (χ4n) is 4.69. The van der Waals surface area contributed by atoms with E-state index in [1.165, 1.54) is 5.56 Å². The molecular weight excluding hydrogens is 288 g/mol. The van der Waals surface area contributed by atoms with Crippen LogP contribution >= 0.6 is 0 Å². The summed E-state index contributed by atoms with van der Waals surface area (Å²) < 4.78 is 0. The lowest BCUT2D eigenvalue weighted by Crippen LogP contribution is -2.47. The van der Waals surface area contributed by atoms with Gasteiger partial charge in [0.1, 0.15) is 0 Å². The molecule has 3 rings (SSSR count). The summed E-state index contributed by atoms with van der Waals surface area (Å²) in [5.41, 5.74) is 1.55. The molecule has 23 heavy (non-hydrogen) atoms. The third-order valence-corrected chi connectivity index (χ3v) is 5.45. The van der Waals surface area contributed by atoms with Crippen LogP contribution in [0.25, 0.3) is 0 Å². The molecule has 126 valence electrons. The highest BCUT2D eigenvalue weighted by atomic mass is 16.4. The lowest BCUT2D eigenvalue weighted by atomic mass is 9.73. The zero-order chi connectivity index (χ0) is 16.6. The van der Waals surface area contributed by atoms with Gasteiger partial charge in [-0.3, -0.25) is 4.90 Å². The van der Waals surface area contributed by atoms with Crippen LogP contribution < -0.4 is 0 Å². The molecule has 2 saturated heterocycles. The van der Waals surface area contributed by atoms with Crippen LogP contribution in [0.1, 0.15) is 32.8 Å². The van der Waals surface area contributed by atoms with Crippen molar-refractivity contribution in [2.24, 2.45) is 17.3 Å². The Balaban J connectivity index is 1.80. The van der Waals surface area contributed by atoms with Crippen molar-refractivity contribution in [3.8, 4) is 0 Å². The third kappa shape index (κ3) is 3.37. The number of rotatable bonds is 2. The minimum atomic E-state index is -0.766. The molecule has 1 aromatic rings. The van der Waals surface area contributed by atoms with Gasteiger partial charge in [0, 0.05) is 32.2 Å². The van der Waals surface area contributed by atoms with Crippen molar-refractivity contribution in [1.29, 1.82) is 0 Å². The van der Waals surface area contributed by atoms with Crippen molar-refractivity contribution < 1.29 is 9.90 Å². The second-order valence-electron chi connectivity index (χ2n) is 8.17. The molecule has 1 N–H and O–H groups in total. The van der Waals surface area contributed by atoms with Crippen LogP contribution in [-0.2, 0) is 6.54 Å². The van der Waals surface area contributed by atoms with E-state index in [0.717, 1.165) is 19.5 Å². The minimum Gasteiger partial charge on any atom is -0.465 e. The Labute approximate surface area is 139 Å². The maximum absolute atomic E-state index is 11.3. The van der Waals surface area contributed by atoms with Gasteiger partial charge in [0.05, 0.1) is 0 Å². The van der Waals surface area contributed by atoms with Gasteiger partial charge >= 0.3 is 6.09 Å². The summed E-state index contributed by atoms with van der Waals surface area (Å²) in [6.07, 6.45) is 0.224. The molecule has 2 aliphatic rings. The number of benzene rings is 1. The van der Waals surface area contributed by atoms with E-state index in [9.17, 15) is 9.90 Å². The molecule has 0 bridgehead atoms. The molecule has 0 saturated carbocycles. The first kappa shape index (κ1) is 16.3.